The van der Waals surface area contributed by atoms with E-state index < -0.39 is 17.5 Å². The smallest absolute Gasteiger partial charge is 0.257 e. The van der Waals surface area contributed by atoms with Gasteiger partial charge >= 0.3 is 0 Å². The quantitative estimate of drug-likeness (QED) is 0.269. The second kappa shape index (κ2) is 10.7. The molecule has 0 bridgehead atoms. The summed E-state index contributed by atoms with van der Waals surface area (Å²) in [4.78, 5) is 28.6. The van der Waals surface area contributed by atoms with Crippen LogP contribution in [0.4, 0.5) is 21.0 Å². The van der Waals surface area contributed by atoms with Gasteiger partial charge in [-0.2, -0.15) is 5.10 Å². The van der Waals surface area contributed by atoms with Crippen molar-refractivity contribution in [3.8, 4) is 16.2 Å². The lowest BCUT2D eigenvalue weighted by Crippen LogP contribution is -2.17. The minimum Gasteiger partial charge on any atom is -0.504 e. The van der Waals surface area contributed by atoms with Crippen LogP contribution in [0, 0.1) is 5.82 Å². The number of aromatic nitrogens is 3. The summed E-state index contributed by atoms with van der Waals surface area (Å²) >= 11 is 1.33. The van der Waals surface area contributed by atoms with Gasteiger partial charge in [-0.25, -0.2) is 19.4 Å². The monoisotopic (exact) mass is 517 g/mol. The predicted molar refractivity (Wildman–Crippen MR) is 143 cm³/mol. The van der Waals surface area contributed by atoms with Gasteiger partial charge in [0.25, 0.3) is 5.91 Å². The number of halogens is 1. The maximum absolute atomic E-state index is 14.4. The summed E-state index contributed by atoms with van der Waals surface area (Å²) in [5.41, 5.74) is 2.25. The molecular weight excluding hydrogens is 493 g/mol. The van der Waals surface area contributed by atoms with Crippen molar-refractivity contribution in [1.29, 1.82) is 0 Å². The number of benzene rings is 2. The maximum atomic E-state index is 14.4. The molecule has 0 aliphatic carbocycles. The Morgan fingerprint density at radius 3 is 2.81 bits per heavy atom. The van der Waals surface area contributed by atoms with Crippen LogP contribution in [0.25, 0.3) is 10.4 Å². The van der Waals surface area contributed by atoms with Crippen LogP contribution in [0.3, 0.4) is 0 Å². The number of anilines is 3. The normalized spacial score (nSPS) is 13.3. The van der Waals surface area contributed by atoms with E-state index in [2.05, 4.69) is 42.4 Å². The second-order valence-corrected chi connectivity index (χ2v) is 9.49. The lowest BCUT2D eigenvalue weighted by Gasteiger charge is -2.18. The van der Waals surface area contributed by atoms with Gasteiger partial charge in [0, 0.05) is 55.5 Å². The van der Waals surface area contributed by atoms with Crippen molar-refractivity contribution >= 4 is 40.1 Å². The van der Waals surface area contributed by atoms with Crippen LogP contribution in [0.5, 0.6) is 5.75 Å². The SMILES string of the molecule is CN(N=Cc1cc(C(=O)Nc2ncc(-c3cccc(N4CCCC4)c3)s2)cc(F)c1O)c1cnccn1. The molecule has 9 nitrogen and oxygen atoms in total. The zero-order valence-corrected chi connectivity index (χ0v) is 20.8. The molecule has 11 heteroatoms. The Labute approximate surface area is 217 Å². The van der Waals surface area contributed by atoms with Gasteiger partial charge < -0.3 is 10.0 Å². The highest BCUT2D eigenvalue weighted by molar-refractivity contribution is 7.19. The van der Waals surface area contributed by atoms with Crippen LogP contribution in [-0.2, 0) is 0 Å². The minimum atomic E-state index is -0.935. The lowest BCUT2D eigenvalue weighted by molar-refractivity contribution is 0.102. The number of thiazole rings is 1. The molecule has 3 heterocycles. The molecule has 4 aromatic rings. The van der Waals surface area contributed by atoms with Crippen molar-refractivity contribution in [3.05, 3.63) is 78.1 Å². The Morgan fingerprint density at radius 2 is 2.03 bits per heavy atom. The Kier molecular flexibility index (Phi) is 7.04. The summed E-state index contributed by atoms with van der Waals surface area (Å²) in [7, 11) is 1.63. The van der Waals surface area contributed by atoms with Crippen molar-refractivity contribution in [3.63, 3.8) is 0 Å². The Hall–Kier alpha value is -4.38. The van der Waals surface area contributed by atoms with Gasteiger partial charge in [-0.1, -0.05) is 23.5 Å². The maximum Gasteiger partial charge on any atom is 0.257 e. The lowest BCUT2D eigenvalue weighted by atomic mass is 10.1. The number of carbonyl (C=O) groups excluding carboxylic acids is 1. The molecule has 1 aliphatic heterocycles. The third kappa shape index (κ3) is 5.56. The van der Waals surface area contributed by atoms with Crippen LogP contribution in [0.1, 0.15) is 28.8 Å². The van der Waals surface area contributed by atoms with Crippen molar-refractivity contribution in [2.45, 2.75) is 12.8 Å². The number of phenolic OH excluding ortho intramolecular Hbond substituents is 1. The number of hydrogen-bond donors (Lipinski definition) is 2. The van der Waals surface area contributed by atoms with Crippen LogP contribution in [0.15, 0.2) is 66.3 Å². The zero-order valence-electron chi connectivity index (χ0n) is 20.0. The van der Waals surface area contributed by atoms with E-state index in [1.807, 2.05) is 12.1 Å². The molecule has 0 radical (unpaired) electrons. The first-order chi connectivity index (χ1) is 18.0. The molecule has 0 unspecified atom stereocenters. The van der Waals surface area contributed by atoms with E-state index in [1.54, 1.807) is 13.2 Å². The zero-order chi connectivity index (χ0) is 25.8. The average Bonchev–Trinajstić information content (AvgIpc) is 3.63. The third-order valence-electron chi connectivity index (χ3n) is 5.93. The van der Waals surface area contributed by atoms with Gasteiger partial charge in [0.15, 0.2) is 22.5 Å². The first kappa shape index (κ1) is 24.3. The van der Waals surface area contributed by atoms with Crippen LogP contribution >= 0.6 is 11.3 Å². The Balaban J connectivity index is 1.31. The van der Waals surface area contributed by atoms with Crippen LogP contribution in [0.2, 0.25) is 0 Å². The topological polar surface area (TPSA) is 107 Å². The second-order valence-electron chi connectivity index (χ2n) is 8.46. The molecule has 37 heavy (non-hydrogen) atoms. The summed E-state index contributed by atoms with van der Waals surface area (Å²) in [5, 5.41) is 18.8. The molecule has 0 atom stereocenters. The van der Waals surface area contributed by atoms with Crippen molar-refractivity contribution in [1.82, 2.24) is 15.0 Å². The van der Waals surface area contributed by atoms with Crippen LogP contribution < -0.4 is 15.2 Å². The summed E-state index contributed by atoms with van der Waals surface area (Å²) in [5.74, 6) is -1.64. The highest BCUT2D eigenvalue weighted by Crippen LogP contribution is 2.32. The molecule has 2 aromatic carbocycles. The molecule has 2 aromatic heterocycles. The highest BCUT2D eigenvalue weighted by atomic mass is 32.1. The fraction of sp³-hybridized carbons (Fsp3) is 0.192. The summed E-state index contributed by atoms with van der Waals surface area (Å²) in [6.07, 6.45) is 9.90. The van der Waals surface area contributed by atoms with Crippen molar-refractivity contribution in [2.24, 2.45) is 5.10 Å². The average molecular weight is 518 g/mol. The number of aromatic hydroxyl groups is 1. The van der Waals surface area contributed by atoms with Crippen LogP contribution in [-0.4, -0.2) is 52.3 Å². The van der Waals surface area contributed by atoms with Crippen molar-refractivity contribution in [2.75, 3.05) is 35.4 Å². The molecule has 0 spiro atoms. The number of carbonyl (C=O) groups is 1. The summed E-state index contributed by atoms with van der Waals surface area (Å²) in [6, 6.07) is 10.6. The first-order valence-electron chi connectivity index (χ1n) is 11.7. The van der Waals surface area contributed by atoms with Gasteiger partial charge in [-0.15, -0.1) is 0 Å². The largest absolute Gasteiger partial charge is 0.504 e. The standard InChI is InChI=1S/C26H24FN7O2S/c1-33(23-16-28-7-8-29-23)31-14-19-11-18(13-21(27)24(19)35)25(36)32-26-30-15-22(37-26)17-5-4-6-20(12-17)34-9-2-3-10-34/h4-8,11-16,35H,2-3,9-10H2,1H3,(H,30,32,36). The molecule has 1 aliphatic rings. The number of rotatable bonds is 7. The molecule has 1 amide bonds. The van der Waals surface area contributed by atoms with Gasteiger partial charge in [0.2, 0.25) is 0 Å². The van der Waals surface area contributed by atoms with E-state index in [1.165, 1.54) is 65.7 Å². The van der Waals surface area contributed by atoms with E-state index in [-0.39, 0.29) is 11.1 Å². The van der Waals surface area contributed by atoms with Gasteiger partial charge in [0.05, 0.1) is 17.3 Å². The molecule has 0 saturated carbocycles. The number of hydrogen-bond acceptors (Lipinski definition) is 9. The third-order valence-corrected chi connectivity index (χ3v) is 6.90. The van der Waals surface area contributed by atoms with Gasteiger partial charge in [0.1, 0.15) is 0 Å². The molecule has 5 rings (SSSR count). The predicted octanol–water partition coefficient (Wildman–Crippen LogP) is 4.77. The summed E-state index contributed by atoms with van der Waals surface area (Å²) < 4.78 is 14.4. The fourth-order valence-corrected chi connectivity index (χ4v) is 4.79. The van der Waals surface area contributed by atoms with E-state index in [4.69, 9.17) is 0 Å². The number of hydrazone groups is 1. The Bertz CT molecular complexity index is 1440. The van der Waals surface area contributed by atoms with E-state index >= 15 is 0 Å². The molecule has 1 fully saturated rings. The number of amides is 1. The summed E-state index contributed by atoms with van der Waals surface area (Å²) in [6.45, 7) is 2.11. The van der Waals surface area contributed by atoms with Gasteiger partial charge in [-0.05, 0) is 42.7 Å². The molecule has 1 saturated heterocycles. The number of nitrogens with one attached hydrogen (secondary N) is 1. The molecule has 2 N–H and O–H groups in total. The first-order valence-corrected chi connectivity index (χ1v) is 12.5. The van der Waals surface area contributed by atoms with Crippen molar-refractivity contribution < 1.29 is 14.3 Å². The highest BCUT2D eigenvalue weighted by Gasteiger charge is 2.17. The minimum absolute atomic E-state index is 0.0201. The van der Waals surface area contributed by atoms with E-state index in [0.717, 1.165) is 29.6 Å². The Morgan fingerprint density at radius 1 is 1.19 bits per heavy atom. The molecular formula is C26H24FN7O2S. The molecule has 188 valence electrons. The van der Waals surface area contributed by atoms with Gasteiger partial charge in [-0.3, -0.25) is 15.1 Å². The van der Waals surface area contributed by atoms with E-state index in [9.17, 15) is 14.3 Å². The number of phenols is 1. The van der Waals surface area contributed by atoms with E-state index in [0.29, 0.717) is 10.9 Å². The fourth-order valence-electron chi connectivity index (χ4n) is 3.98. The number of nitrogens with zero attached hydrogens (tertiary/aromatic N) is 6.